The second-order valence-electron chi connectivity index (χ2n) is 7.90. The van der Waals surface area contributed by atoms with Crippen LogP contribution in [0.1, 0.15) is 18.4 Å². The highest BCUT2D eigenvalue weighted by molar-refractivity contribution is 5.77. The first kappa shape index (κ1) is 16.7. The smallest absolute Gasteiger partial charge is 0.229 e. The summed E-state index contributed by atoms with van der Waals surface area (Å²) in [6.07, 6.45) is 7.16. The fraction of sp³-hybridized carbons (Fsp3) is 0.421. The van der Waals surface area contributed by atoms with Crippen LogP contribution < -0.4 is 10.2 Å². The largest absolute Gasteiger partial charge is 0.381 e. The van der Waals surface area contributed by atoms with Crippen LogP contribution in [0.25, 0.3) is 16.8 Å². The number of aromatic nitrogens is 7. The molecule has 0 aliphatic carbocycles. The molecule has 1 spiro atoms. The third kappa shape index (κ3) is 2.42. The Morgan fingerprint density at radius 3 is 2.90 bits per heavy atom. The van der Waals surface area contributed by atoms with Gasteiger partial charge in [0.2, 0.25) is 11.9 Å². The van der Waals surface area contributed by atoms with E-state index in [1.807, 2.05) is 19.2 Å². The monoisotopic (exact) mass is 391 g/mol. The predicted octanol–water partition coefficient (Wildman–Crippen LogP) is 1.88. The van der Waals surface area contributed by atoms with Crippen LogP contribution in [0, 0.1) is 6.92 Å². The van der Waals surface area contributed by atoms with Gasteiger partial charge in [-0.25, -0.2) is 19.5 Å². The van der Waals surface area contributed by atoms with E-state index in [9.17, 15) is 0 Å². The van der Waals surface area contributed by atoms with Crippen LogP contribution in [0.2, 0.25) is 0 Å². The molecule has 1 N–H and O–H groups in total. The lowest BCUT2D eigenvalue weighted by atomic mass is 9.90. The van der Waals surface area contributed by atoms with Gasteiger partial charge in [0.05, 0.1) is 23.6 Å². The molecular weight excluding hydrogens is 370 g/mol. The van der Waals surface area contributed by atoms with Crippen molar-refractivity contribution in [1.29, 1.82) is 0 Å². The zero-order chi connectivity index (χ0) is 19.6. The van der Waals surface area contributed by atoms with E-state index in [0.29, 0.717) is 5.95 Å². The number of pyridine rings is 1. The van der Waals surface area contributed by atoms with Gasteiger partial charge in [-0.05, 0) is 31.4 Å². The van der Waals surface area contributed by atoms with E-state index < -0.39 is 0 Å². The normalized spacial score (nSPS) is 18.1. The molecule has 148 valence electrons. The summed E-state index contributed by atoms with van der Waals surface area (Å²) in [5, 5.41) is 7.55. The number of nitrogens with one attached hydrogen (secondary N) is 1. The van der Waals surface area contributed by atoms with Gasteiger partial charge in [-0.3, -0.25) is 4.57 Å². The molecule has 2 aliphatic heterocycles. The van der Waals surface area contributed by atoms with Crippen LogP contribution >= 0.6 is 0 Å². The molecule has 0 unspecified atom stereocenters. The summed E-state index contributed by atoms with van der Waals surface area (Å²) in [5.74, 6) is 1.49. The molecule has 4 aromatic rings. The van der Waals surface area contributed by atoms with E-state index in [1.165, 1.54) is 0 Å². The molecule has 0 saturated carbocycles. The van der Waals surface area contributed by atoms with Gasteiger partial charge in [-0.2, -0.15) is 10.1 Å². The SMILES string of the molecule is Cc1cc2ncnn2cc1Nc1ncc2nc3n(c2n1)C1(CCOCC1)CN3C. The Morgan fingerprint density at radius 2 is 2.03 bits per heavy atom. The lowest BCUT2D eigenvalue weighted by molar-refractivity contribution is 0.0328. The number of imidazole rings is 1. The number of hydrogen-bond donors (Lipinski definition) is 1. The lowest BCUT2D eigenvalue weighted by Gasteiger charge is -2.34. The molecule has 0 radical (unpaired) electrons. The van der Waals surface area contributed by atoms with Gasteiger partial charge in [-0.1, -0.05) is 0 Å². The first-order chi connectivity index (χ1) is 14.1. The van der Waals surface area contributed by atoms with Gasteiger partial charge >= 0.3 is 0 Å². The van der Waals surface area contributed by atoms with Crippen molar-refractivity contribution in [3.63, 3.8) is 0 Å². The number of fused-ring (bicyclic) bond motifs is 5. The Balaban J connectivity index is 1.44. The highest BCUT2D eigenvalue weighted by atomic mass is 16.5. The summed E-state index contributed by atoms with van der Waals surface area (Å²) in [7, 11) is 2.09. The van der Waals surface area contributed by atoms with Crippen molar-refractivity contribution in [2.24, 2.45) is 0 Å². The van der Waals surface area contributed by atoms with Gasteiger partial charge < -0.3 is 15.0 Å². The first-order valence-electron chi connectivity index (χ1n) is 9.75. The number of rotatable bonds is 2. The molecule has 29 heavy (non-hydrogen) atoms. The Kier molecular flexibility index (Phi) is 3.37. The van der Waals surface area contributed by atoms with Crippen LogP contribution in [0.5, 0.6) is 0 Å². The van der Waals surface area contributed by atoms with Crippen LogP contribution in [-0.4, -0.2) is 60.9 Å². The summed E-state index contributed by atoms with van der Waals surface area (Å²) in [4.78, 5) is 20.6. The number of hydrogen-bond acceptors (Lipinski definition) is 8. The summed E-state index contributed by atoms with van der Waals surface area (Å²) in [5.41, 5.74) is 4.41. The van der Waals surface area contributed by atoms with E-state index in [-0.39, 0.29) is 5.54 Å². The Hall–Kier alpha value is -3.27. The van der Waals surface area contributed by atoms with Crippen molar-refractivity contribution in [3.8, 4) is 0 Å². The number of anilines is 3. The van der Waals surface area contributed by atoms with Gasteiger partial charge in [0.1, 0.15) is 11.8 Å². The zero-order valence-corrected chi connectivity index (χ0v) is 16.3. The van der Waals surface area contributed by atoms with Gasteiger partial charge in [-0.15, -0.1) is 0 Å². The molecule has 0 aromatic carbocycles. The predicted molar refractivity (Wildman–Crippen MR) is 108 cm³/mol. The highest BCUT2D eigenvalue weighted by Gasteiger charge is 2.45. The summed E-state index contributed by atoms with van der Waals surface area (Å²) in [6.45, 7) is 4.49. The number of nitrogens with zero attached hydrogens (tertiary/aromatic N) is 8. The zero-order valence-electron chi connectivity index (χ0n) is 16.3. The minimum Gasteiger partial charge on any atom is -0.381 e. The van der Waals surface area contributed by atoms with E-state index >= 15 is 0 Å². The lowest BCUT2D eigenvalue weighted by Crippen LogP contribution is -2.41. The summed E-state index contributed by atoms with van der Waals surface area (Å²) in [6, 6.07) is 1.98. The molecular formula is C19H21N9O. The molecule has 10 nitrogen and oxygen atoms in total. The fourth-order valence-corrected chi connectivity index (χ4v) is 4.54. The Labute approximate surface area is 166 Å². The van der Waals surface area contributed by atoms with Crippen LogP contribution in [0.4, 0.5) is 17.6 Å². The van der Waals surface area contributed by atoms with E-state index in [0.717, 1.165) is 66.6 Å². The molecule has 6 rings (SSSR count). The van der Waals surface area contributed by atoms with Crippen molar-refractivity contribution in [3.05, 3.63) is 30.4 Å². The minimum absolute atomic E-state index is 0.0156. The average Bonchev–Trinajstić information content (AvgIpc) is 3.38. The molecule has 1 saturated heterocycles. The third-order valence-corrected chi connectivity index (χ3v) is 6.02. The van der Waals surface area contributed by atoms with Gasteiger partial charge in [0.15, 0.2) is 11.3 Å². The molecule has 0 atom stereocenters. The van der Waals surface area contributed by atoms with E-state index in [2.05, 4.69) is 36.9 Å². The molecule has 6 heterocycles. The third-order valence-electron chi connectivity index (χ3n) is 6.02. The van der Waals surface area contributed by atoms with Crippen molar-refractivity contribution in [2.45, 2.75) is 25.3 Å². The molecule has 4 aromatic heterocycles. The minimum atomic E-state index is -0.0156. The topological polar surface area (TPSA) is 98.3 Å². The van der Waals surface area contributed by atoms with E-state index in [1.54, 1.807) is 17.0 Å². The number of likely N-dealkylation sites (N-methyl/N-ethyl adjacent to an activating group) is 1. The highest BCUT2D eigenvalue weighted by Crippen LogP contribution is 2.42. The second-order valence-corrected chi connectivity index (χ2v) is 7.90. The van der Waals surface area contributed by atoms with Gasteiger partial charge in [0, 0.05) is 26.8 Å². The van der Waals surface area contributed by atoms with Crippen molar-refractivity contribution >= 4 is 34.4 Å². The maximum absolute atomic E-state index is 5.63. The van der Waals surface area contributed by atoms with Crippen LogP contribution in [0.15, 0.2) is 24.8 Å². The molecule has 0 bridgehead atoms. The summed E-state index contributed by atoms with van der Waals surface area (Å²) >= 11 is 0. The Bertz CT molecular complexity index is 1240. The maximum atomic E-state index is 5.63. The van der Waals surface area contributed by atoms with Crippen LogP contribution in [0.3, 0.4) is 0 Å². The quantitative estimate of drug-likeness (QED) is 0.553. The molecule has 2 aliphatic rings. The van der Waals surface area contributed by atoms with Gasteiger partial charge in [0.25, 0.3) is 0 Å². The fourth-order valence-electron chi connectivity index (χ4n) is 4.54. The van der Waals surface area contributed by atoms with E-state index in [4.69, 9.17) is 14.7 Å². The van der Waals surface area contributed by atoms with Crippen molar-refractivity contribution in [2.75, 3.05) is 37.0 Å². The number of ether oxygens (including phenoxy) is 1. The average molecular weight is 391 g/mol. The van der Waals surface area contributed by atoms with Crippen molar-refractivity contribution < 1.29 is 4.74 Å². The maximum Gasteiger partial charge on any atom is 0.229 e. The molecule has 1 fully saturated rings. The summed E-state index contributed by atoms with van der Waals surface area (Å²) < 4.78 is 9.66. The Morgan fingerprint density at radius 1 is 1.17 bits per heavy atom. The first-order valence-corrected chi connectivity index (χ1v) is 9.75. The van der Waals surface area contributed by atoms with Crippen molar-refractivity contribution in [1.82, 2.24) is 34.1 Å². The van der Waals surface area contributed by atoms with Crippen LogP contribution in [-0.2, 0) is 10.3 Å². The number of aryl methyl sites for hydroxylation is 1. The second kappa shape index (κ2) is 5.86. The molecule has 10 heteroatoms. The standard InChI is InChI=1S/C19H21N9O/c1-12-7-15-21-11-22-27(15)9-14(12)23-17-20-8-13-16(25-17)28-18(24-13)26(2)10-19(28)3-5-29-6-4-19/h7-9,11H,3-6,10H2,1-2H3,(H,20,23,25). The molecule has 0 amide bonds.